The highest BCUT2D eigenvalue weighted by Crippen LogP contribution is 2.35. The number of nitrogens with zero attached hydrogens (tertiary/aromatic N) is 2. The fourth-order valence-corrected chi connectivity index (χ4v) is 3.37. The van der Waals surface area contributed by atoms with Crippen molar-refractivity contribution in [3.05, 3.63) is 41.4 Å². The molecule has 2 aliphatic heterocycles. The van der Waals surface area contributed by atoms with Crippen LogP contribution in [0.3, 0.4) is 0 Å². The number of nitrogens with one attached hydrogen (secondary N) is 1. The van der Waals surface area contributed by atoms with E-state index in [0.717, 1.165) is 0 Å². The lowest BCUT2D eigenvalue weighted by atomic mass is 10.2. The van der Waals surface area contributed by atoms with Gasteiger partial charge in [0.25, 0.3) is 11.8 Å². The van der Waals surface area contributed by atoms with Crippen molar-refractivity contribution in [2.75, 3.05) is 41.9 Å². The predicted octanol–water partition coefficient (Wildman–Crippen LogP) is 2.45. The van der Waals surface area contributed by atoms with Gasteiger partial charge in [0, 0.05) is 30.7 Å². The number of likely N-dealkylation sites (N-methyl/N-ethyl adjacent to an activating group) is 1. The summed E-state index contributed by atoms with van der Waals surface area (Å²) in [7, 11) is 1.65. The van der Waals surface area contributed by atoms with E-state index in [1.165, 1.54) is 9.80 Å². The number of amides is 3. The number of hydrogen-bond donors (Lipinski definition) is 1. The van der Waals surface area contributed by atoms with Crippen LogP contribution >= 0.6 is 11.6 Å². The van der Waals surface area contributed by atoms with Gasteiger partial charge >= 0.3 is 0 Å². The highest BCUT2D eigenvalue weighted by atomic mass is 35.5. The van der Waals surface area contributed by atoms with Gasteiger partial charge in [-0.1, -0.05) is 11.6 Å². The number of carbonyl (C=O) groups excluding carboxylic acids is 3. The van der Waals surface area contributed by atoms with Gasteiger partial charge < -0.3 is 24.6 Å². The first-order valence-corrected chi connectivity index (χ1v) is 9.36. The van der Waals surface area contributed by atoms with Crippen molar-refractivity contribution in [1.82, 2.24) is 0 Å². The zero-order valence-electron chi connectivity index (χ0n) is 15.6. The number of hydrogen-bond acceptors (Lipinski definition) is 5. The number of ether oxygens (including phenoxy) is 2. The molecule has 0 saturated carbocycles. The highest BCUT2D eigenvalue weighted by molar-refractivity contribution is 6.31. The number of halogens is 1. The first-order valence-electron chi connectivity index (χ1n) is 8.98. The van der Waals surface area contributed by atoms with Gasteiger partial charge in [-0.05, 0) is 36.4 Å². The summed E-state index contributed by atoms with van der Waals surface area (Å²) in [4.78, 5) is 39.4. The molecule has 0 saturated heterocycles. The van der Waals surface area contributed by atoms with Crippen LogP contribution in [0.1, 0.15) is 6.42 Å². The molecule has 2 aromatic rings. The molecule has 2 heterocycles. The summed E-state index contributed by atoms with van der Waals surface area (Å²) in [5.74, 6) is 0.468. The van der Waals surface area contributed by atoms with E-state index in [-0.39, 0.29) is 43.9 Å². The molecule has 3 amide bonds. The first kappa shape index (κ1) is 19.1. The molecule has 0 bridgehead atoms. The van der Waals surface area contributed by atoms with Crippen molar-refractivity contribution in [2.24, 2.45) is 0 Å². The van der Waals surface area contributed by atoms with Gasteiger partial charge in [0.05, 0.1) is 11.4 Å². The Morgan fingerprint density at radius 1 is 1.03 bits per heavy atom. The lowest BCUT2D eigenvalue weighted by molar-refractivity contribution is -0.122. The van der Waals surface area contributed by atoms with Crippen molar-refractivity contribution in [3.8, 4) is 11.5 Å². The van der Waals surface area contributed by atoms with E-state index in [2.05, 4.69) is 5.32 Å². The Hall–Kier alpha value is -3.26. The van der Waals surface area contributed by atoms with Crippen molar-refractivity contribution in [2.45, 2.75) is 6.42 Å². The second kappa shape index (κ2) is 7.63. The van der Waals surface area contributed by atoms with E-state index in [4.69, 9.17) is 21.1 Å². The average molecular weight is 416 g/mol. The molecule has 2 aliphatic rings. The van der Waals surface area contributed by atoms with E-state index in [9.17, 15) is 14.4 Å². The Bertz CT molecular complexity index is 1010. The fourth-order valence-electron chi connectivity index (χ4n) is 3.21. The van der Waals surface area contributed by atoms with Gasteiger partial charge in [0.2, 0.25) is 5.91 Å². The van der Waals surface area contributed by atoms with Crippen LogP contribution in [-0.2, 0) is 14.4 Å². The van der Waals surface area contributed by atoms with Crippen LogP contribution in [0, 0.1) is 0 Å². The molecule has 150 valence electrons. The molecule has 29 heavy (non-hydrogen) atoms. The fraction of sp³-hybridized carbons (Fsp3) is 0.250. The van der Waals surface area contributed by atoms with E-state index in [1.54, 1.807) is 43.4 Å². The third-order valence-corrected chi connectivity index (χ3v) is 4.99. The molecule has 9 heteroatoms. The van der Waals surface area contributed by atoms with Gasteiger partial charge in [-0.2, -0.15) is 0 Å². The number of anilines is 3. The van der Waals surface area contributed by atoms with Gasteiger partial charge in [-0.25, -0.2) is 0 Å². The molecule has 0 atom stereocenters. The van der Waals surface area contributed by atoms with Crippen LogP contribution in [0.4, 0.5) is 17.1 Å². The van der Waals surface area contributed by atoms with Gasteiger partial charge in [0.1, 0.15) is 11.5 Å². The van der Waals surface area contributed by atoms with Crippen molar-refractivity contribution in [1.29, 1.82) is 0 Å². The smallest absolute Gasteiger partial charge is 0.265 e. The van der Waals surface area contributed by atoms with Crippen molar-refractivity contribution in [3.63, 3.8) is 0 Å². The van der Waals surface area contributed by atoms with Crippen LogP contribution in [-0.4, -0.2) is 44.5 Å². The predicted molar refractivity (Wildman–Crippen MR) is 108 cm³/mol. The normalized spacial score (nSPS) is 15.2. The largest absolute Gasteiger partial charge is 0.482 e. The van der Waals surface area contributed by atoms with E-state index < -0.39 is 0 Å². The zero-order chi connectivity index (χ0) is 20.5. The molecule has 0 aromatic heterocycles. The van der Waals surface area contributed by atoms with E-state index in [1.807, 2.05) is 0 Å². The number of fused-ring (bicyclic) bond motifs is 2. The van der Waals surface area contributed by atoms with Gasteiger partial charge in [-0.3, -0.25) is 14.4 Å². The van der Waals surface area contributed by atoms with Crippen LogP contribution in [0.15, 0.2) is 36.4 Å². The second-order valence-electron chi connectivity index (χ2n) is 6.67. The van der Waals surface area contributed by atoms with E-state index in [0.29, 0.717) is 33.6 Å². The van der Waals surface area contributed by atoms with Crippen molar-refractivity contribution >= 4 is 46.4 Å². The average Bonchev–Trinajstić information content (AvgIpc) is 2.70. The highest BCUT2D eigenvalue weighted by Gasteiger charge is 2.26. The molecule has 0 radical (unpaired) electrons. The second-order valence-corrected chi connectivity index (χ2v) is 7.10. The molecule has 0 unspecified atom stereocenters. The maximum absolute atomic E-state index is 12.4. The number of rotatable bonds is 4. The zero-order valence-corrected chi connectivity index (χ0v) is 16.4. The molecule has 1 N–H and O–H groups in total. The summed E-state index contributed by atoms with van der Waals surface area (Å²) in [6.07, 6.45) is 0.0834. The van der Waals surface area contributed by atoms with E-state index >= 15 is 0 Å². The summed E-state index contributed by atoms with van der Waals surface area (Å²) < 4.78 is 10.8. The molecule has 0 spiro atoms. The minimum absolute atomic E-state index is 0.00568. The van der Waals surface area contributed by atoms with Crippen LogP contribution in [0.2, 0.25) is 5.02 Å². The third kappa shape index (κ3) is 3.84. The Balaban J connectivity index is 1.43. The molecule has 8 nitrogen and oxygen atoms in total. The van der Waals surface area contributed by atoms with Gasteiger partial charge in [0.15, 0.2) is 13.2 Å². The molecule has 0 fully saturated rings. The quantitative estimate of drug-likeness (QED) is 0.828. The maximum atomic E-state index is 12.4. The molecular weight excluding hydrogens is 398 g/mol. The van der Waals surface area contributed by atoms with Crippen LogP contribution in [0.25, 0.3) is 0 Å². The monoisotopic (exact) mass is 415 g/mol. The molecule has 4 rings (SSSR count). The SMILES string of the molecule is CN1C(=O)COc2ccc(NC(=O)CCN3C(=O)COc4ccc(Cl)cc43)cc21. The first-order chi connectivity index (χ1) is 13.9. The van der Waals surface area contributed by atoms with Crippen molar-refractivity contribution < 1.29 is 23.9 Å². The maximum Gasteiger partial charge on any atom is 0.265 e. The molecule has 2 aromatic carbocycles. The number of benzene rings is 2. The summed E-state index contributed by atoms with van der Waals surface area (Å²) in [5.41, 5.74) is 1.68. The Kier molecular flexibility index (Phi) is 5.02. The van der Waals surface area contributed by atoms with Gasteiger partial charge in [-0.15, -0.1) is 0 Å². The summed E-state index contributed by atoms with van der Waals surface area (Å²) in [6, 6.07) is 10.1. The summed E-state index contributed by atoms with van der Waals surface area (Å²) in [6.45, 7) is 0.101. The minimum Gasteiger partial charge on any atom is -0.482 e. The number of carbonyl (C=O) groups is 3. The lowest BCUT2D eigenvalue weighted by Crippen LogP contribution is -2.40. The minimum atomic E-state index is -0.265. The topological polar surface area (TPSA) is 88.2 Å². The third-order valence-electron chi connectivity index (χ3n) is 4.76. The summed E-state index contributed by atoms with van der Waals surface area (Å²) in [5, 5.41) is 3.27. The Morgan fingerprint density at radius 2 is 1.72 bits per heavy atom. The Labute approximate surface area is 171 Å². The van der Waals surface area contributed by atoms with Crippen LogP contribution < -0.4 is 24.6 Å². The molecule has 0 aliphatic carbocycles. The Morgan fingerprint density at radius 3 is 2.52 bits per heavy atom. The lowest BCUT2D eigenvalue weighted by Gasteiger charge is -2.29. The van der Waals surface area contributed by atoms with Crippen LogP contribution in [0.5, 0.6) is 11.5 Å². The molecular formula is C20H18ClN3O5. The summed E-state index contributed by atoms with van der Waals surface area (Å²) >= 11 is 6.03. The standard InChI is InChI=1S/C20H18ClN3O5/c1-23-14-9-13(3-5-16(14)28-10-19(23)26)22-18(25)6-7-24-15-8-12(21)2-4-17(15)29-11-20(24)27/h2-5,8-9H,6-7,10-11H2,1H3,(H,22,25).